The first-order valence-electron chi connectivity index (χ1n) is 6.15. The van der Waals surface area contributed by atoms with Crippen LogP contribution in [0, 0.1) is 6.92 Å². The summed E-state index contributed by atoms with van der Waals surface area (Å²) in [5.74, 6) is -1.06. The van der Waals surface area contributed by atoms with Gasteiger partial charge in [0.15, 0.2) is 0 Å². The third-order valence-corrected chi connectivity index (χ3v) is 4.52. The van der Waals surface area contributed by atoms with Gasteiger partial charge < -0.3 is 14.4 Å². The molecule has 21 heavy (non-hydrogen) atoms. The van der Waals surface area contributed by atoms with Gasteiger partial charge in [-0.3, -0.25) is 9.59 Å². The van der Waals surface area contributed by atoms with Gasteiger partial charge in [-0.15, -0.1) is 11.3 Å². The number of carbonyl (C=O) groups excluding carboxylic acids is 1. The van der Waals surface area contributed by atoms with E-state index in [0.29, 0.717) is 17.7 Å². The summed E-state index contributed by atoms with van der Waals surface area (Å²) in [6, 6.07) is 1.95. The van der Waals surface area contributed by atoms with E-state index in [1.165, 1.54) is 6.26 Å². The average molecular weight is 372 g/mol. The lowest BCUT2D eigenvalue weighted by Gasteiger charge is -2.16. The highest BCUT2D eigenvalue weighted by Crippen LogP contribution is 2.23. The number of amides is 1. The zero-order valence-corrected chi connectivity index (χ0v) is 14.0. The van der Waals surface area contributed by atoms with Crippen molar-refractivity contribution in [3.8, 4) is 0 Å². The molecule has 0 fully saturated rings. The van der Waals surface area contributed by atoms with Gasteiger partial charge in [0.25, 0.3) is 5.91 Å². The molecule has 0 radical (unpaired) electrons. The van der Waals surface area contributed by atoms with Crippen molar-refractivity contribution in [2.24, 2.45) is 0 Å². The van der Waals surface area contributed by atoms with E-state index in [9.17, 15) is 9.59 Å². The molecule has 0 unspecified atom stereocenters. The van der Waals surface area contributed by atoms with Crippen molar-refractivity contribution in [2.45, 2.75) is 19.9 Å². The molecule has 0 saturated heterocycles. The number of aliphatic carboxylic acids is 1. The van der Waals surface area contributed by atoms with E-state index < -0.39 is 5.97 Å². The molecule has 0 aliphatic rings. The van der Waals surface area contributed by atoms with Gasteiger partial charge in [-0.1, -0.05) is 0 Å². The number of aryl methyl sites for hydroxylation is 1. The Balaban J connectivity index is 2.19. The van der Waals surface area contributed by atoms with Crippen molar-refractivity contribution in [3.05, 3.63) is 43.9 Å². The second-order valence-electron chi connectivity index (χ2n) is 4.71. The van der Waals surface area contributed by atoms with Crippen LogP contribution in [0.2, 0.25) is 0 Å². The minimum atomic E-state index is -1.03. The second-order valence-corrected chi connectivity index (χ2v) is 7.00. The van der Waals surface area contributed by atoms with Gasteiger partial charge in [0.1, 0.15) is 12.2 Å². The van der Waals surface area contributed by atoms with Crippen LogP contribution in [0.3, 0.4) is 0 Å². The molecule has 2 heterocycles. The summed E-state index contributed by atoms with van der Waals surface area (Å²) in [4.78, 5) is 24.9. The van der Waals surface area contributed by atoms with Crippen LogP contribution < -0.4 is 0 Å². The third kappa shape index (κ3) is 3.74. The van der Waals surface area contributed by atoms with Crippen LogP contribution in [0.1, 0.15) is 27.2 Å². The van der Waals surface area contributed by atoms with Crippen LogP contribution in [0.5, 0.6) is 0 Å². The van der Waals surface area contributed by atoms with Gasteiger partial charge in [0, 0.05) is 19.2 Å². The minimum absolute atomic E-state index is 0.198. The average Bonchev–Trinajstić information content (AvgIpc) is 2.95. The van der Waals surface area contributed by atoms with Crippen LogP contribution in [0.25, 0.3) is 0 Å². The highest BCUT2D eigenvalue weighted by molar-refractivity contribution is 9.11. The maximum Gasteiger partial charge on any atom is 0.311 e. The third-order valence-electron chi connectivity index (χ3n) is 2.96. The van der Waals surface area contributed by atoms with Gasteiger partial charge in [0.05, 0.1) is 15.6 Å². The molecule has 2 aromatic heterocycles. The van der Waals surface area contributed by atoms with Crippen molar-refractivity contribution in [2.75, 3.05) is 7.05 Å². The number of thiophene rings is 1. The molecule has 2 aromatic rings. The van der Waals surface area contributed by atoms with Crippen molar-refractivity contribution >= 4 is 39.1 Å². The molecule has 5 nitrogen and oxygen atoms in total. The van der Waals surface area contributed by atoms with Crippen LogP contribution in [-0.2, 0) is 17.8 Å². The lowest BCUT2D eigenvalue weighted by Crippen LogP contribution is -2.27. The van der Waals surface area contributed by atoms with Crippen molar-refractivity contribution in [3.63, 3.8) is 0 Å². The number of carboxylic acid groups (broad SMARTS) is 1. The van der Waals surface area contributed by atoms with Gasteiger partial charge in [-0.25, -0.2) is 0 Å². The van der Waals surface area contributed by atoms with E-state index in [1.807, 2.05) is 11.4 Å². The highest BCUT2D eigenvalue weighted by atomic mass is 79.9. The number of carbonyl (C=O) groups is 2. The molecule has 1 amide bonds. The summed E-state index contributed by atoms with van der Waals surface area (Å²) in [6.07, 6.45) is 1.12. The van der Waals surface area contributed by atoms with Crippen LogP contribution in [-0.4, -0.2) is 28.9 Å². The molecule has 1 N–H and O–H groups in total. The van der Waals surface area contributed by atoms with Crippen molar-refractivity contribution in [1.29, 1.82) is 0 Å². The van der Waals surface area contributed by atoms with Crippen LogP contribution in [0.15, 0.2) is 25.9 Å². The molecule has 0 spiro atoms. The largest absolute Gasteiger partial charge is 0.481 e. The molecular formula is C14H14BrNO4S. The Morgan fingerprint density at radius 3 is 2.76 bits per heavy atom. The molecule has 0 bridgehead atoms. The zero-order valence-electron chi connectivity index (χ0n) is 11.6. The molecule has 0 aliphatic carbocycles. The summed E-state index contributed by atoms with van der Waals surface area (Å²) >= 11 is 4.94. The number of hydrogen-bond donors (Lipinski definition) is 1. The molecule has 0 aromatic carbocycles. The normalized spacial score (nSPS) is 10.6. The van der Waals surface area contributed by atoms with Crippen molar-refractivity contribution in [1.82, 2.24) is 4.90 Å². The maximum atomic E-state index is 12.5. The predicted molar refractivity (Wildman–Crippen MR) is 82.6 cm³/mol. The maximum absolute atomic E-state index is 12.5. The second kappa shape index (κ2) is 6.44. The SMILES string of the molecule is Cc1coc(CC(=O)O)c1C(=O)N(C)Cc1csc(Br)c1. The smallest absolute Gasteiger partial charge is 0.311 e. The first kappa shape index (κ1) is 15.8. The molecule has 0 atom stereocenters. The van der Waals surface area contributed by atoms with Gasteiger partial charge >= 0.3 is 5.97 Å². The Morgan fingerprint density at radius 2 is 2.19 bits per heavy atom. The van der Waals surface area contributed by atoms with E-state index in [1.54, 1.807) is 30.2 Å². The molecule has 7 heteroatoms. The Morgan fingerprint density at radius 1 is 1.48 bits per heavy atom. The summed E-state index contributed by atoms with van der Waals surface area (Å²) < 4.78 is 6.20. The minimum Gasteiger partial charge on any atom is -0.481 e. The highest BCUT2D eigenvalue weighted by Gasteiger charge is 2.23. The summed E-state index contributed by atoms with van der Waals surface area (Å²) in [5.41, 5.74) is 2.01. The zero-order chi connectivity index (χ0) is 15.6. The molecule has 112 valence electrons. The first-order chi connectivity index (χ1) is 9.88. The molecule has 2 rings (SSSR count). The molecule has 0 aliphatic heterocycles. The summed E-state index contributed by atoms with van der Waals surface area (Å²) in [7, 11) is 1.69. The number of nitrogens with zero attached hydrogens (tertiary/aromatic N) is 1. The van der Waals surface area contributed by atoms with Crippen LogP contribution in [0.4, 0.5) is 0 Å². The fourth-order valence-electron chi connectivity index (χ4n) is 2.02. The Hall–Kier alpha value is -1.60. The Labute approximate surface area is 134 Å². The first-order valence-corrected chi connectivity index (χ1v) is 7.83. The van der Waals surface area contributed by atoms with E-state index in [4.69, 9.17) is 9.52 Å². The number of rotatable bonds is 5. The van der Waals surface area contributed by atoms with Gasteiger partial charge in [0.2, 0.25) is 0 Å². The summed E-state index contributed by atoms with van der Waals surface area (Å²) in [6.45, 7) is 2.19. The number of furan rings is 1. The monoisotopic (exact) mass is 371 g/mol. The standard InChI is InChI=1S/C14H14BrNO4S/c1-8-6-20-10(4-12(17)18)13(8)14(19)16(2)5-9-3-11(15)21-7-9/h3,6-7H,4-5H2,1-2H3,(H,17,18). The number of carboxylic acids is 1. The number of hydrogen-bond acceptors (Lipinski definition) is 4. The molecular weight excluding hydrogens is 358 g/mol. The topological polar surface area (TPSA) is 70.7 Å². The molecule has 0 saturated carbocycles. The fraction of sp³-hybridized carbons (Fsp3) is 0.286. The summed E-state index contributed by atoms with van der Waals surface area (Å²) in [5, 5.41) is 10.8. The van der Waals surface area contributed by atoms with E-state index in [0.717, 1.165) is 9.35 Å². The fourth-order valence-corrected chi connectivity index (χ4v) is 3.22. The van der Waals surface area contributed by atoms with Crippen molar-refractivity contribution < 1.29 is 19.1 Å². The van der Waals surface area contributed by atoms with Gasteiger partial charge in [-0.2, -0.15) is 0 Å². The van der Waals surface area contributed by atoms with Crippen LogP contribution >= 0.6 is 27.3 Å². The van der Waals surface area contributed by atoms with E-state index in [-0.39, 0.29) is 18.1 Å². The lowest BCUT2D eigenvalue weighted by atomic mass is 10.1. The van der Waals surface area contributed by atoms with E-state index in [2.05, 4.69) is 15.9 Å². The Bertz CT molecular complexity index is 676. The Kier molecular flexibility index (Phi) is 4.84. The number of halogens is 1. The predicted octanol–water partition coefficient (Wildman–Crippen LogP) is 3.31. The van der Waals surface area contributed by atoms with Gasteiger partial charge in [-0.05, 0) is 39.9 Å². The lowest BCUT2D eigenvalue weighted by molar-refractivity contribution is -0.136. The van der Waals surface area contributed by atoms with E-state index >= 15 is 0 Å². The quantitative estimate of drug-likeness (QED) is 0.874.